The zero-order valence-corrected chi connectivity index (χ0v) is 13.1. The molecule has 114 valence electrons. The number of nitrogens with zero attached hydrogens (tertiary/aromatic N) is 2. The van der Waals surface area contributed by atoms with E-state index in [0.717, 1.165) is 33.5 Å². The summed E-state index contributed by atoms with van der Waals surface area (Å²) in [6.45, 7) is 0. The van der Waals surface area contributed by atoms with Crippen molar-refractivity contribution in [2.45, 2.75) is 0 Å². The Labute approximate surface area is 141 Å². The molecule has 0 fully saturated rings. The van der Waals surface area contributed by atoms with Crippen LogP contribution in [0.25, 0.3) is 33.5 Å². The van der Waals surface area contributed by atoms with Gasteiger partial charge in [0.2, 0.25) is 0 Å². The van der Waals surface area contributed by atoms with E-state index in [-0.39, 0.29) is 0 Å². The Hall–Kier alpha value is -3.26. The third-order valence-corrected chi connectivity index (χ3v) is 4.05. The Balaban J connectivity index is 2.02. The predicted molar refractivity (Wildman–Crippen MR) is 98.3 cm³/mol. The van der Waals surface area contributed by atoms with Gasteiger partial charge in [-0.25, -0.2) is 0 Å². The Bertz CT molecular complexity index is 876. The van der Waals surface area contributed by atoms with Crippen molar-refractivity contribution < 1.29 is 0 Å². The summed E-state index contributed by atoms with van der Waals surface area (Å²) < 4.78 is 0. The number of hydrogen-bond donors (Lipinski definition) is 0. The van der Waals surface area contributed by atoms with Crippen molar-refractivity contribution in [1.29, 1.82) is 0 Å². The number of benzene rings is 2. The summed E-state index contributed by atoms with van der Waals surface area (Å²) in [4.78, 5) is 8.83. The molecule has 0 N–H and O–H groups in total. The van der Waals surface area contributed by atoms with Crippen LogP contribution in [0.4, 0.5) is 0 Å². The fraction of sp³-hybridized carbons (Fsp3) is 0. The topological polar surface area (TPSA) is 25.8 Å². The van der Waals surface area contributed by atoms with Crippen LogP contribution in [0.2, 0.25) is 0 Å². The van der Waals surface area contributed by atoms with Crippen molar-refractivity contribution in [3.8, 4) is 33.5 Å². The highest BCUT2D eigenvalue weighted by molar-refractivity contribution is 5.92. The zero-order valence-electron chi connectivity index (χ0n) is 13.1. The summed E-state index contributed by atoms with van der Waals surface area (Å²) in [5, 5.41) is 0. The average Bonchev–Trinajstić information content (AvgIpc) is 2.69. The van der Waals surface area contributed by atoms with Gasteiger partial charge in [0.15, 0.2) is 0 Å². The molecule has 2 aromatic carbocycles. The molecule has 0 aliphatic carbocycles. The molecule has 0 spiro atoms. The highest BCUT2D eigenvalue weighted by Gasteiger charge is 2.14. The largest absolute Gasteiger partial charge is 0.265 e. The van der Waals surface area contributed by atoms with Crippen LogP contribution in [0.15, 0.2) is 97.5 Å². The summed E-state index contributed by atoms with van der Waals surface area (Å²) in [6, 6.07) is 26.9. The maximum Gasteiger partial charge on any atom is 0.0786 e. The van der Waals surface area contributed by atoms with Crippen molar-refractivity contribution in [3.05, 3.63) is 97.5 Å². The first kappa shape index (κ1) is 14.3. The third-order valence-electron chi connectivity index (χ3n) is 4.05. The van der Waals surface area contributed by atoms with E-state index in [4.69, 9.17) is 4.98 Å². The second kappa shape index (κ2) is 6.47. The number of hydrogen-bond acceptors (Lipinski definition) is 2. The highest BCUT2D eigenvalue weighted by Crippen LogP contribution is 2.38. The van der Waals surface area contributed by atoms with E-state index in [1.807, 2.05) is 55.0 Å². The second-order valence-corrected chi connectivity index (χ2v) is 5.55. The van der Waals surface area contributed by atoms with Gasteiger partial charge < -0.3 is 0 Å². The maximum absolute atomic E-state index is 4.70. The first-order chi connectivity index (χ1) is 11.9. The molecule has 0 saturated carbocycles. The molecule has 0 atom stereocenters. The minimum atomic E-state index is 0.996. The minimum absolute atomic E-state index is 0.996. The molecule has 4 rings (SSSR count). The van der Waals surface area contributed by atoms with Gasteiger partial charge in [0.1, 0.15) is 0 Å². The molecule has 0 aliphatic rings. The molecule has 2 heteroatoms. The highest BCUT2D eigenvalue weighted by atomic mass is 14.7. The Morgan fingerprint density at radius 2 is 1.12 bits per heavy atom. The molecule has 0 bridgehead atoms. The van der Waals surface area contributed by atoms with Crippen LogP contribution >= 0.6 is 0 Å². The van der Waals surface area contributed by atoms with Gasteiger partial charge in [-0.3, -0.25) is 9.97 Å². The second-order valence-electron chi connectivity index (χ2n) is 5.55. The third kappa shape index (κ3) is 2.70. The lowest BCUT2D eigenvalue weighted by Gasteiger charge is -2.15. The van der Waals surface area contributed by atoms with Crippen LogP contribution in [-0.4, -0.2) is 9.97 Å². The number of pyridine rings is 2. The van der Waals surface area contributed by atoms with E-state index >= 15 is 0 Å². The van der Waals surface area contributed by atoms with Crippen molar-refractivity contribution in [2.24, 2.45) is 0 Å². The van der Waals surface area contributed by atoms with Gasteiger partial charge in [0, 0.05) is 29.7 Å². The van der Waals surface area contributed by atoms with Gasteiger partial charge in [0.05, 0.1) is 5.69 Å². The molecule has 2 nitrogen and oxygen atoms in total. The smallest absolute Gasteiger partial charge is 0.0786 e. The maximum atomic E-state index is 4.70. The standard InChI is InChI=1S/C22H16N2/c1-3-7-18(8-4-1)21-20(17-11-14-23-15-12-17)13-16-24-22(21)19-9-5-2-6-10-19/h1-16H. The number of aromatic nitrogens is 2. The predicted octanol–water partition coefficient (Wildman–Crippen LogP) is 5.48. The van der Waals surface area contributed by atoms with Crippen LogP contribution in [0.3, 0.4) is 0 Å². The fourth-order valence-electron chi connectivity index (χ4n) is 2.95. The van der Waals surface area contributed by atoms with Crippen LogP contribution in [0, 0.1) is 0 Å². The van der Waals surface area contributed by atoms with E-state index in [2.05, 4.69) is 47.4 Å². The average molecular weight is 308 g/mol. The van der Waals surface area contributed by atoms with Crippen molar-refractivity contribution in [2.75, 3.05) is 0 Å². The Morgan fingerprint density at radius 1 is 0.500 bits per heavy atom. The molecule has 24 heavy (non-hydrogen) atoms. The van der Waals surface area contributed by atoms with Gasteiger partial charge in [-0.1, -0.05) is 60.7 Å². The molecule has 2 aromatic heterocycles. The quantitative estimate of drug-likeness (QED) is 0.501. The van der Waals surface area contributed by atoms with E-state index in [1.165, 1.54) is 0 Å². The van der Waals surface area contributed by atoms with Gasteiger partial charge in [-0.15, -0.1) is 0 Å². The Kier molecular flexibility index (Phi) is 3.86. The van der Waals surface area contributed by atoms with Crippen molar-refractivity contribution in [3.63, 3.8) is 0 Å². The molecule has 0 radical (unpaired) electrons. The lowest BCUT2D eigenvalue weighted by atomic mass is 9.92. The van der Waals surface area contributed by atoms with Crippen LogP contribution in [0.5, 0.6) is 0 Å². The first-order valence-corrected chi connectivity index (χ1v) is 7.94. The van der Waals surface area contributed by atoms with E-state index in [9.17, 15) is 0 Å². The van der Waals surface area contributed by atoms with Gasteiger partial charge in [-0.05, 0) is 34.9 Å². The first-order valence-electron chi connectivity index (χ1n) is 7.94. The Morgan fingerprint density at radius 3 is 1.79 bits per heavy atom. The lowest BCUT2D eigenvalue weighted by Crippen LogP contribution is -1.93. The summed E-state index contributed by atoms with van der Waals surface area (Å²) in [6.07, 6.45) is 5.53. The zero-order chi connectivity index (χ0) is 16.2. The molecule has 4 aromatic rings. The van der Waals surface area contributed by atoms with Gasteiger partial charge in [-0.2, -0.15) is 0 Å². The summed E-state index contributed by atoms with van der Waals surface area (Å²) in [5.74, 6) is 0. The number of rotatable bonds is 3. The molecule has 2 heterocycles. The van der Waals surface area contributed by atoms with E-state index in [0.29, 0.717) is 0 Å². The monoisotopic (exact) mass is 308 g/mol. The van der Waals surface area contributed by atoms with Crippen LogP contribution in [-0.2, 0) is 0 Å². The van der Waals surface area contributed by atoms with Gasteiger partial charge >= 0.3 is 0 Å². The molecular weight excluding hydrogens is 292 g/mol. The SMILES string of the molecule is c1ccc(-c2nccc(-c3ccncc3)c2-c2ccccc2)cc1. The van der Waals surface area contributed by atoms with E-state index < -0.39 is 0 Å². The molecule has 0 unspecified atom stereocenters. The van der Waals surface area contributed by atoms with Gasteiger partial charge in [0.25, 0.3) is 0 Å². The summed E-state index contributed by atoms with van der Waals surface area (Å²) in [7, 11) is 0. The van der Waals surface area contributed by atoms with Crippen molar-refractivity contribution >= 4 is 0 Å². The molecule has 0 amide bonds. The summed E-state index contributed by atoms with van der Waals surface area (Å²) in [5.41, 5.74) is 6.73. The fourth-order valence-corrected chi connectivity index (χ4v) is 2.95. The normalized spacial score (nSPS) is 10.5. The van der Waals surface area contributed by atoms with E-state index in [1.54, 1.807) is 0 Å². The van der Waals surface area contributed by atoms with Crippen LogP contribution in [0.1, 0.15) is 0 Å². The minimum Gasteiger partial charge on any atom is -0.265 e. The van der Waals surface area contributed by atoms with Crippen LogP contribution < -0.4 is 0 Å². The summed E-state index contributed by atoms with van der Waals surface area (Å²) >= 11 is 0. The molecule has 0 saturated heterocycles. The molecule has 0 aliphatic heterocycles. The molecular formula is C22H16N2. The lowest BCUT2D eigenvalue weighted by molar-refractivity contribution is 1.31. The van der Waals surface area contributed by atoms with Crippen molar-refractivity contribution in [1.82, 2.24) is 9.97 Å².